The van der Waals surface area contributed by atoms with Gasteiger partial charge < -0.3 is 15.8 Å². The number of nitrogens with two attached hydrogens (primary N) is 1. The fraction of sp³-hybridized carbons (Fsp3) is 0.500. The number of fused-ring (bicyclic) bond motifs is 1. The van der Waals surface area contributed by atoms with Crippen LogP contribution < -0.4 is 15.8 Å². The number of rotatable bonds is 4. The van der Waals surface area contributed by atoms with Crippen LogP contribution in [0.2, 0.25) is 0 Å². The number of nitrogen functional groups attached to an aromatic ring is 1. The number of nitrogens with zero attached hydrogens (tertiary/aromatic N) is 1. The van der Waals surface area contributed by atoms with Crippen LogP contribution in [0.4, 0.5) is 11.4 Å². The van der Waals surface area contributed by atoms with Crippen molar-refractivity contribution in [1.29, 1.82) is 0 Å². The highest BCUT2D eigenvalue weighted by molar-refractivity contribution is 6.02. The molecule has 1 aliphatic heterocycles. The molecule has 3 N–H and O–H groups in total. The van der Waals surface area contributed by atoms with Gasteiger partial charge in [0.15, 0.2) is 6.10 Å². The standard InChI is InChI=1S/C18H25N3O/c1-2-16-18(20-11-10-13-6-4-3-5-7-13)21-15-12-14(19)8-9-17(15)22-16/h6,8-9,12,16H,2-5,7,10-11,19H2,1H3,(H,20,21). The summed E-state index contributed by atoms with van der Waals surface area (Å²) in [6, 6.07) is 5.69. The molecular weight excluding hydrogens is 274 g/mol. The minimum Gasteiger partial charge on any atom is -0.480 e. The number of amidine groups is 1. The molecule has 1 heterocycles. The highest BCUT2D eigenvalue weighted by atomic mass is 16.5. The van der Waals surface area contributed by atoms with E-state index in [0.717, 1.165) is 42.3 Å². The molecule has 4 heteroatoms. The summed E-state index contributed by atoms with van der Waals surface area (Å²) in [6.07, 6.45) is 9.50. The minimum atomic E-state index is 0.0106. The van der Waals surface area contributed by atoms with Crippen LogP contribution in [0, 0.1) is 0 Å². The van der Waals surface area contributed by atoms with Crippen molar-refractivity contribution in [2.24, 2.45) is 4.99 Å². The van der Waals surface area contributed by atoms with Crippen molar-refractivity contribution in [1.82, 2.24) is 0 Å². The number of benzene rings is 1. The van der Waals surface area contributed by atoms with Crippen molar-refractivity contribution in [3.05, 3.63) is 29.8 Å². The first kappa shape index (κ1) is 14.9. The molecule has 0 saturated heterocycles. The Balaban J connectivity index is 1.68. The van der Waals surface area contributed by atoms with E-state index in [1.165, 1.54) is 25.7 Å². The number of aliphatic imine (C=N–C) groups is 1. The molecule has 1 unspecified atom stereocenters. The topological polar surface area (TPSA) is 59.6 Å². The quantitative estimate of drug-likeness (QED) is 0.649. The summed E-state index contributed by atoms with van der Waals surface area (Å²) in [5, 5.41) is 3.40. The van der Waals surface area contributed by atoms with Crippen molar-refractivity contribution in [3.8, 4) is 5.75 Å². The van der Waals surface area contributed by atoms with Crippen molar-refractivity contribution >= 4 is 17.2 Å². The zero-order chi connectivity index (χ0) is 15.4. The largest absolute Gasteiger partial charge is 0.480 e. The summed E-state index contributed by atoms with van der Waals surface area (Å²) in [5.41, 5.74) is 9.06. The van der Waals surface area contributed by atoms with Crippen LogP contribution >= 0.6 is 0 Å². The summed E-state index contributed by atoms with van der Waals surface area (Å²) in [6.45, 7) is 2.94. The lowest BCUT2D eigenvalue weighted by Gasteiger charge is -2.28. The summed E-state index contributed by atoms with van der Waals surface area (Å²) in [4.78, 5) is 4.76. The zero-order valence-corrected chi connectivity index (χ0v) is 13.3. The summed E-state index contributed by atoms with van der Waals surface area (Å²) in [7, 11) is 0. The van der Waals surface area contributed by atoms with Crippen LogP contribution in [-0.4, -0.2) is 18.5 Å². The Hall–Kier alpha value is -1.97. The Kier molecular flexibility index (Phi) is 4.66. The third-order valence-corrected chi connectivity index (χ3v) is 4.31. The van der Waals surface area contributed by atoms with Gasteiger partial charge in [0.1, 0.15) is 11.6 Å². The predicted octanol–water partition coefficient (Wildman–Crippen LogP) is 4.14. The summed E-state index contributed by atoms with van der Waals surface area (Å²) >= 11 is 0. The molecule has 1 atom stereocenters. The number of allylic oxidation sites excluding steroid dienone is 1. The summed E-state index contributed by atoms with van der Waals surface area (Å²) < 4.78 is 6.03. The highest BCUT2D eigenvalue weighted by Gasteiger charge is 2.24. The van der Waals surface area contributed by atoms with Crippen LogP contribution in [-0.2, 0) is 0 Å². The molecule has 0 bridgehead atoms. The van der Waals surface area contributed by atoms with Gasteiger partial charge in [-0.25, -0.2) is 0 Å². The van der Waals surface area contributed by atoms with Crippen LogP contribution in [0.5, 0.6) is 5.75 Å². The number of hydrogen-bond acceptors (Lipinski definition) is 3. The Morgan fingerprint density at radius 1 is 1.36 bits per heavy atom. The minimum absolute atomic E-state index is 0.0106. The van der Waals surface area contributed by atoms with E-state index in [2.05, 4.69) is 18.3 Å². The lowest BCUT2D eigenvalue weighted by molar-refractivity contribution is 0.258. The molecule has 4 nitrogen and oxygen atoms in total. The molecule has 3 rings (SSSR count). The number of anilines is 2. The highest BCUT2D eigenvalue weighted by Crippen LogP contribution is 2.32. The van der Waals surface area contributed by atoms with Crippen LogP contribution in [0.1, 0.15) is 45.4 Å². The molecule has 0 amide bonds. The number of hydrogen-bond donors (Lipinski definition) is 2. The van der Waals surface area contributed by atoms with E-state index in [-0.39, 0.29) is 6.10 Å². The maximum atomic E-state index is 6.03. The van der Waals surface area contributed by atoms with Gasteiger partial charge in [-0.15, -0.1) is 0 Å². The molecule has 0 spiro atoms. The molecule has 1 aliphatic carbocycles. The van der Waals surface area contributed by atoms with Gasteiger partial charge in [-0.3, -0.25) is 4.99 Å². The van der Waals surface area contributed by atoms with E-state index >= 15 is 0 Å². The Morgan fingerprint density at radius 3 is 3.05 bits per heavy atom. The lowest BCUT2D eigenvalue weighted by Crippen LogP contribution is -2.37. The van der Waals surface area contributed by atoms with Gasteiger partial charge >= 0.3 is 0 Å². The molecule has 118 valence electrons. The normalized spacial score (nSPS) is 22.5. The smallest absolute Gasteiger partial charge is 0.155 e. The number of nitrogens with one attached hydrogen (secondary N) is 1. The van der Waals surface area contributed by atoms with Gasteiger partial charge in [-0.05, 0) is 56.7 Å². The lowest BCUT2D eigenvalue weighted by atomic mass is 9.97. The molecular formula is C18H25N3O. The first-order valence-corrected chi connectivity index (χ1v) is 8.31. The van der Waals surface area contributed by atoms with E-state index in [4.69, 9.17) is 15.5 Å². The van der Waals surface area contributed by atoms with Gasteiger partial charge in [0, 0.05) is 12.2 Å². The second-order valence-electron chi connectivity index (χ2n) is 6.02. The Morgan fingerprint density at radius 2 is 2.27 bits per heavy atom. The van der Waals surface area contributed by atoms with E-state index < -0.39 is 0 Å². The first-order valence-electron chi connectivity index (χ1n) is 8.31. The van der Waals surface area contributed by atoms with Crippen molar-refractivity contribution in [2.75, 3.05) is 17.6 Å². The molecule has 0 fully saturated rings. The number of ether oxygens (including phenoxy) is 1. The molecule has 22 heavy (non-hydrogen) atoms. The van der Waals surface area contributed by atoms with E-state index in [1.807, 2.05) is 18.2 Å². The third-order valence-electron chi connectivity index (χ3n) is 4.31. The monoisotopic (exact) mass is 299 g/mol. The zero-order valence-electron chi connectivity index (χ0n) is 13.3. The average molecular weight is 299 g/mol. The fourth-order valence-corrected chi connectivity index (χ4v) is 3.05. The van der Waals surface area contributed by atoms with E-state index in [1.54, 1.807) is 5.57 Å². The van der Waals surface area contributed by atoms with Crippen molar-refractivity contribution in [3.63, 3.8) is 0 Å². The van der Waals surface area contributed by atoms with Crippen molar-refractivity contribution < 1.29 is 4.74 Å². The molecule has 1 aromatic rings. The van der Waals surface area contributed by atoms with Gasteiger partial charge in [-0.1, -0.05) is 18.6 Å². The molecule has 0 aromatic heterocycles. The predicted molar refractivity (Wildman–Crippen MR) is 92.7 cm³/mol. The second-order valence-corrected chi connectivity index (χ2v) is 6.02. The third kappa shape index (κ3) is 3.43. The van der Waals surface area contributed by atoms with Crippen molar-refractivity contribution in [2.45, 2.75) is 51.6 Å². The first-order chi connectivity index (χ1) is 10.8. The van der Waals surface area contributed by atoms with Crippen LogP contribution in [0.15, 0.2) is 34.8 Å². The average Bonchev–Trinajstić information content (AvgIpc) is 2.55. The van der Waals surface area contributed by atoms with Gasteiger partial charge in [0.05, 0.1) is 5.69 Å². The molecule has 2 aliphatic rings. The van der Waals surface area contributed by atoms with Gasteiger partial charge in [0.25, 0.3) is 0 Å². The van der Waals surface area contributed by atoms with E-state index in [9.17, 15) is 0 Å². The van der Waals surface area contributed by atoms with Gasteiger partial charge in [0.2, 0.25) is 0 Å². The van der Waals surface area contributed by atoms with E-state index in [0.29, 0.717) is 0 Å². The summed E-state index contributed by atoms with van der Waals surface area (Å²) in [5.74, 6) is 1.78. The molecule has 0 saturated carbocycles. The molecule has 0 radical (unpaired) electrons. The molecule has 1 aromatic carbocycles. The van der Waals surface area contributed by atoms with Crippen LogP contribution in [0.3, 0.4) is 0 Å². The maximum absolute atomic E-state index is 6.03. The Bertz CT molecular complexity index is 592. The van der Waals surface area contributed by atoms with Gasteiger partial charge in [-0.2, -0.15) is 0 Å². The maximum Gasteiger partial charge on any atom is 0.155 e. The van der Waals surface area contributed by atoms with Crippen LogP contribution in [0.25, 0.3) is 0 Å². The second kappa shape index (κ2) is 6.86. The Labute approximate surface area is 132 Å². The SMILES string of the molecule is CCC1Oc2ccc(N)cc2NC1=NCCC1=CCCCC1. The fourth-order valence-electron chi connectivity index (χ4n) is 3.05.